The zero-order valence-corrected chi connectivity index (χ0v) is 18.8. The van der Waals surface area contributed by atoms with Crippen LogP contribution in [0.5, 0.6) is 5.75 Å². The highest BCUT2D eigenvalue weighted by Crippen LogP contribution is 2.32. The largest absolute Gasteiger partial charge is 0.506 e. The number of hydrogen-bond acceptors (Lipinski definition) is 4. The third kappa shape index (κ3) is 4.26. The second-order valence-electron chi connectivity index (χ2n) is 9.68. The topological polar surface area (TPSA) is 64.1 Å². The van der Waals surface area contributed by atoms with E-state index in [2.05, 4.69) is 25.7 Å². The van der Waals surface area contributed by atoms with Gasteiger partial charge in [-0.3, -0.25) is 14.5 Å². The molecule has 2 fully saturated rings. The van der Waals surface area contributed by atoms with Gasteiger partial charge in [0.1, 0.15) is 11.8 Å². The number of rotatable bonds is 2. The highest BCUT2D eigenvalue weighted by atomic mass is 16.3. The van der Waals surface area contributed by atoms with Crippen molar-refractivity contribution in [1.82, 2.24) is 14.7 Å². The molecule has 0 radical (unpaired) electrons. The summed E-state index contributed by atoms with van der Waals surface area (Å²) in [6, 6.07) is 10.6. The maximum Gasteiger partial charge on any atom is 0.258 e. The Kier molecular flexibility index (Phi) is 5.93. The molecule has 2 saturated heterocycles. The van der Waals surface area contributed by atoms with Gasteiger partial charge in [0.15, 0.2) is 0 Å². The monoisotopic (exact) mass is 423 g/mol. The summed E-state index contributed by atoms with van der Waals surface area (Å²) in [4.78, 5) is 32.8. The fourth-order valence-electron chi connectivity index (χ4n) is 4.87. The van der Waals surface area contributed by atoms with E-state index in [1.54, 1.807) is 11.0 Å². The number of phenols is 1. The predicted molar refractivity (Wildman–Crippen MR) is 122 cm³/mol. The van der Waals surface area contributed by atoms with Crippen LogP contribution < -0.4 is 0 Å². The summed E-state index contributed by atoms with van der Waals surface area (Å²) in [7, 11) is 0. The van der Waals surface area contributed by atoms with Crippen molar-refractivity contribution in [2.24, 2.45) is 0 Å². The molecular formula is C25H33N3O3. The molecule has 2 aromatic carbocycles. The standard InChI is InChI=1S/C25H33N3O3/c1-25(2,3)27-14-7-13-26(16-17-27)24(31)21-10-6-15-28(21)23(30)20-12-11-18-8-4-5-9-19(18)22(20)29/h4-5,8-9,11-12,21,29H,6-7,10,13-17H2,1-3H3. The van der Waals surface area contributed by atoms with Crippen molar-refractivity contribution in [2.75, 3.05) is 32.7 Å². The first-order valence-corrected chi connectivity index (χ1v) is 11.3. The molecule has 1 unspecified atom stereocenters. The van der Waals surface area contributed by atoms with Gasteiger partial charge in [0, 0.05) is 43.6 Å². The van der Waals surface area contributed by atoms with Gasteiger partial charge < -0.3 is 14.9 Å². The number of amides is 2. The molecule has 0 aromatic heterocycles. The Labute approximate surface area is 184 Å². The molecule has 4 rings (SSSR count). The average molecular weight is 424 g/mol. The van der Waals surface area contributed by atoms with E-state index in [4.69, 9.17) is 0 Å². The van der Waals surface area contributed by atoms with Crippen molar-refractivity contribution >= 4 is 22.6 Å². The minimum Gasteiger partial charge on any atom is -0.506 e. The Bertz CT molecular complexity index is 982. The molecule has 1 N–H and O–H groups in total. The lowest BCUT2D eigenvalue weighted by atomic mass is 10.0. The Hall–Kier alpha value is -2.60. The molecule has 0 saturated carbocycles. The first kappa shape index (κ1) is 21.6. The second kappa shape index (κ2) is 8.50. The Balaban J connectivity index is 1.52. The van der Waals surface area contributed by atoms with Crippen LogP contribution in [0, 0.1) is 0 Å². The number of hydrogen-bond donors (Lipinski definition) is 1. The van der Waals surface area contributed by atoms with Crippen LogP contribution in [0.2, 0.25) is 0 Å². The summed E-state index contributed by atoms with van der Waals surface area (Å²) in [6.07, 6.45) is 2.42. The lowest BCUT2D eigenvalue weighted by Gasteiger charge is -2.35. The first-order valence-electron chi connectivity index (χ1n) is 11.3. The molecular weight excluding hydrogens is 390 g/mol. The zero-order chi connectivity index (χ0) is 22.2. The molecule has 6 nitrogen and oxygen atoms in total. The highest BCUT2D eigenvalue weighted by molar-refractivity contribution is 6.05. The van der Waals surface area contributed by atoms with Gasteiger partial charge in [-0.15, -0.1) is 0 Å². The number of fused-ring (bicyclic) bond motifs is 1. The number of likely N-dealkylation sites (tertiary alicyclic amines) is 1. The van der Waals surface area contributed by atoms with Crippen LogP contribution in [0.4, 0.5) is 0 Å². The summed E-state index contributed by atoms with van der Waals surface area (Å²) >= 11 is 0. The number of aromatic hydroxyl groups is 1. The number of carbonyl (C=O) groups is 2. The van der Waals surface area contributed by atoms with E-state index < -0.39 is 6.04 Å². The molecule has 2 aromatic rings. The average Bonchev–Trinajstić information content (AvgIpc) is 3.09. The summed E-state index contributed by atoms with van der Waals surface area (Å²) in [6.45, 7) is 10.4. The molecule has 0 bridgehead atoms. The lowest BCUT2D eigenvalue weighted by molar-refractivity contribution is -0.135. The van der Waals surface area contributed by atoms with Gasteiger partial charge in [0.05, 0.1) is 5.56 Å². The zero-order valence-electron chi connectivity index (χ0n) is 18.8. The van der Waals surface area contributed by atoms with Gasteiger partial charge in [-0.05, 0) is 51.5 Å². The molecule has 2 amide bonds. The van der Waals surface area contributed by atoms with Gasteiger partial charge >= 0.3 is 0 Å². The predicted octanol–water partition coefficient (Wildman–Crippen LogP) is 3.48. The van der Waals surface area contributed by atoms with Gasteiger partial charge in [-0.2, -0.15) is 0 Å². The Morgan fingerprint density at radius 1 is 0.935 bits per heavy atom. The van der Waals surface area contributed by atoms with E-state index in [1.165, 1.54) is 0 Å². The molecule has 31 heavy (non-hydrogen) atoms. The molecule has 2 aliphatic heterocycles. The molecule has 166 valence electrons. The fraction of sp³-hybridized carbons (Fsp3) is 0.520. The van der Waals surface area contributed by atoms with E-state index in [-0.39, 0.29) is 28.7 Å². The normalized spacial score (nSPS) is 20.8. The third-order valence-electron chi connectivity index (χ3n) is 6.69. The maximum absolute atomic E-state index is 13.4. The summed E-state index contributed by atoms with van der Waals surface area (Å²) in [5.74, 6) is -0.219. The van der Waals surface area contributed by atoms with Crippen LogP contribution >= 0.6 is 0 Å². The Morgan fingerprint density at radius 3 is 2.48 bits per heavy atom. The van der Waals surface area contributed by atoms with E-state index >= 15 is 0 Å². The molecule has 2 aliphatic rings. The summed E-state index contributed by atoms with van der Waals surface area (Å²) in [5, 5.41) is 12.3. The number of benzene rings is 2. The second-order valence-corrected chi connectivity index (χ2v) is 9.68. The van der Waals surface area contributed by atoms with Crippen molar-refractivity contribution in [3.8, 4) is 5.75 Å². The van der Waals surface area contributed by atoms with Crippen molar-refractivity contribution in [3.05, 3.63) is 42.0 Å². The van der Waals surface area contributed by atoms with Crippen LogP contribution in [0.15, 0.2) is 36.4 Å². The maximum atomic E-state index is 13.4. The molecule has 0 aliphatic carbocycles. The quantitative estimate of drug-likeness (QED) is 0.803. The van der Waals surface area contributed by atoms with Crippen LogP contribution in [0.1, 0.15) is 50.4 Å². The third-order valence-corrected chi connectivity index (χ3v) is 6.69. The van der Waals surface area contributed by atoms with Gasteiger partial charge in [-0.1, -0.05) is 30.3 Å². The van der Waals surface area contributed by atoms with Crippen molar-refractivity contribution in [2.45, 2.75) is 51.6 Å². The van der Waals surface area contributed by atoms with Crippen LogP contribution in [-0.2, 0) is 4.79 Å². The highest BCUT2D eigenvalue weighted by Gasteiger charge is 2.38. The number of phenolic OH excluding ortho intramolecular Hbond substituents is 1. The molecule has 2 heterocycles. The number of nitrogens with zero attached hydrogens (tertiary/aromatic N) is 3. The van der Waals surface area contributed by atoms with Crippen LogP contribution in [-0.4, -0.2) is 75.9 Å². The molecule has 0 spiro atoms. The van der Waals surface area contributed by atoms with Gasteiger partial charge in [-0.25, -0.2) is 0 Å². The van der Waals surface area contributed by atoms with Gasteiger partial charge in [0.2, 0.25) is 5.91 Å². The lowest BCUT2D eigenvalue weighted by Crippen LogP contribution is -2.49. The molecule has 1 atom stereocenters. The molecule has 6 heteroatoms. The fourth-order valence-corrected chi connectivity index (χ4v) is 4.87. The van der Waals surface area contributed by atoms with Crippen molar-refractivity contribution in [1.29, 1.82) is 0 Å². The Morgan fingerprint density at radius 2 is 1.71 bits per heavy atom. The van der Waals surface area contributed by atoms with Crippen molar-refractivity contribution in [3.63, 3.8) is 0 Å². The SMILES string of the molecule is CC(C)(C)N1CCCN(C(=O)C2CCCN2C(=O)c2ccc3ccccc3c2O)CC1. The van der Waals surface area contributed by atoms with Crippen LogP contribution in [0.25, 0.3) is 10.8 Å². The van der Waals surface area contributed by atoms with E-state index in [1.807, 2.05) is 35.2 Å². The smallest absolute Gasteiger partial charge is 0.258 e. The summed E-state index contributed by atoms with van der Waals surface area (Å²) < 4.78 is 0. The minimum atomic E-state index is -0.445. The minimum absolute atomic E-state index is 0.00297. The first-order chi connectivity index (χ1) is 14.8. The van der Waals surface area contributed by atoms with Crippen LogP contribution in [0.3, 0.4) is 0 Å². The van der Waals surface area contributed by atoms with E-state index in [0.29, 0.717) is 24.9 Å². The van der Waals surface area contributed by atoms with Gasteiger partial charge in [0.25, 0.3) is 5.91 Å². The van der Waals surface area contributed by atoms with E-state index in [9.17, 15) is 14.7 Å². The van der Waals surface area contributed by atoms with Crippen molar-refractivity contribution < 1.29 is 14.7 Å². The number of carbonyl (C=O) groups excluding carboxylic acids is 2. The van der Waals surface area contributed by atoms with E-state index in [0.717, 1.165) is 37.9 Å². The summed E-state index contributed by atoms with van der Waals surface area (Å²) in [5.41, 5.74) is 0.357.